The average Bonchev–Trinajstić information content (AvgIpc) is 2.75. The van der Waals surface area contributed by atoms with E-state index in [4.69, 9.17) is 4.74 Å². The third-order valence-corrected chi connectivity index (χ3v) is 4.86. The van der Waals surface area contributed by atoms with Gasteiger partial charge in [0.2, 0.25) is 0 Å². The van der Waals surface area contributed by atoms with Crippen molar-refractivity contribution >= 4 is 5.97 Å². The molecule has 2 aliphatic heterocycles. The van der Waals surface area contributed by atoms with Crippen molar-refractivity contribution in [3.8, 4) is 0 Å². The van der Waals surface area contributed by atoms with Crippen LogP contribution in [-0.2, 0) is 9.53 Å². The maximum atomic E-state index is 11.4. The van der Waals surface area contributed by atoms with Crippen LogP contribution in [0.2, 0.25) is 0 Å². The lowest BCUT2D eigenvalue weighted by atomic mass is 9.74. The summed E-state index contributed by atoms with van der Waals surface area (Å²) in [4.78, 5) is 13.8. The van der Waals surface area contributed by atoms with Gasteiger partial charge >= 0.3 is 5.97 Å². The zero-order chi connectivity index (χ0) is 14.0. The molecule has 0 aromatic heterocycles. The smallest absolute Gasteiger partial charge is 0.309 e. The Labute approximate surface area is 116 Å². The molecule has 1 N–H and O–H groups in total. The van der Waals surface area contributed by atoms with Crippen LogP contribution in [0, 0.1) is 11.3 Å². The van der Waals surface area contributed by atoms with Crippen molar-refractivity contribution in [2.75, 3.05) is 19.6 Å². The Kier molecular flexibility index (Phi) is 4.51. The van der Waals surface area contributed by atoms with Crippen LogP contribution in [-0.4, -0.2) is 47.8 Å². The maximum absolute atomic E-state index is 11.4. The number of carboxylic acid groups (broad SMARTS) is 1. The summed E-state index contributed by atoms with van der Waals surface area (Å²) in [6.45, 7) is 8.80. The third kappa shape index (κ3) is 3.48. The van der Waals surface area contributed by atoms with E-state index in [0.29, 0.717) is 12.2 Å². The minimum Gasteiger partial charge on any atom is -0.481 e. The minimum absolute atomic E-state index is 0.248. The summed E-state index contributed by atoms with van der Waals surface area (Å²) in [5.41, 5.74) is -0.623. The monoisotopic (exact) mass is 269 g/mol. The van der Waals surface area contributed by atoms with E-state index in [2.05, 4.69) is 11.8 Å². The number of piperidine rings is 1. The molecule has 0 bridgehead atoms. The Morgan fingerprint density at radius 1 is 1.37 bits per heavy atom. The number of nitrogens with zero attached hydrogens (tertiary/aromatic N) is 1. The fourth-order valence-electron chi connectivity index (χ4n) is 3.29. The Balaban J connectivity index is 1.88. The number of likely N-dealkylation sites (tertiary alicyclic amines) is 1. The highest BCUT2D eigenvalue weighted by Gasteiger charge is 2.39. The number of rotatable bonds is 4. The lowest BCUT2D eigenvalue weighted by Gasteiger charge is -2.40. The van der Waals surface area contributed by atoms with Crippen LogP contribution in [0.15, 0.2) is 0 Å². The van der Waals surface area contributed by atoms with Gasteiger partial charge in [0.15, 0.2) is 0 Å². The molecule has 4 nitrogen and oxygen atoms in total. The zero-order valence-electron chi connectivity index (χ0n) is 12.4. The van der Waals surface area contributed by atoms with Crippen LogP contribution in [0.3, 0.4) is 0 Å². The van der Waals surface area contributed by atoms with Crippen molar-refractivity contribution in [1.82, 2.24) is 4.90 Å². The molecular weight excluding hydrogens is 242 g/mol. The molecule has 110 valence electrons. The lowest BCUT2D eigenvalue weighted by Crippen LogP contribution is -2.46. The van der Waals surface area contributed by atoms with Crippen LogP contribution >= 0.6 is 0 Å². The number of hydrogen-bond acceptors (Lipinski definition) is 3. The highest BCUT2D eigenvalue weighted by atomic mass is 16.5. The van der Waals surface area contributed by atoms with Gasteiger partial charge in [0.1, 0.15) is 0 Å². The van der Waals surface area contributed by atoms with Gasteiger partial charge < -0.3 is 14.7 Å². The number of carbonyl (C=O) groups is 1. The van der Waals surface area contributed by atoms with E-state index in [9.17, 15) is 9.90 Å². The molecule has 0 amide bonds. The van der Waals surface area contributed by atoms with Gasteiger partial charge in [0.05, 0.1) is 17.6 Å². The summed E-state index contributed by atoms with van der Waals surface area (Å²) >= 11 is 0. The normalized spacial score (nSPS) is 33.5. The Morgan fingerprint density at radius 3 is 2.68 bits per heavy atom. The molecule has 0 aliphatic carbocycles. The molecule has 0 radical (unpaired) electrons. The van der Waals surface area contributed by atoms with Crippen molar-refractivity contribution in [3.05, 3.63) is 0 Å². The molecule has 0 aromatic rings. The summed E-state index contributed by atoms with van der Waals surface area (Å²) in [6, 6.07) is 0. The summed E-state index contributed by atoms with van der Waals surface area (Å²) in [5, 5.41) is 9.36. The van der Waals surface area contributed by atoms with E-state index in [1.165, 1.54) is 0 Å². The first kappa shape index (κ1) is 14.8. The van der Waals surface area contributed by atoms with Crippen molar-refractivity contribution in [3.63, 3.8) is 0 Å². The number of carboxylic acids is 1. The van der Waals surface area contributed by atoms with Gasteiger partial charge in [-0.3, -0.25) is 4.79 Å². The summed E-state index contributed by atoms with van der Waals surface area (Å²) in [5.74, 6) is -0.428. The van der Waals surface area contributed by atoms with E-state index >= 15 is 0 Å². The van der Waals surface area contributed by atoms with Gasteiger partial charge in [-0.1, -0.05) is 0 Å². The molecular formula is C15H27NO3. The van der Waals surface area contributed by atoms with Crippen LogP contribution in [0.5, 0.6) is 0 Å². The summed E-state index contributed by atoms with van der Waals surface area (Å²) in [7, 11) is 0. The molecule has 2 saturated heterocycles. The number of aliphatic carboxylic acids is 1. The topological polar surface area (TPSA) is 49.8 Å². The van der Waals surface area contributed by atoms with Gasteiger partial charge in [-0.05, 0) is 58.9 Å². The van der Waals surface area contributed by atoms with Crippen LogP contribution in [0.4, 0.5) is 0 Å². The molecule has 3 atom stereocenters. The predicted molar refractivity (Wildman–Crippen MR) is 74.1 cm³/mol. The Hall–Kier alpha value is -0.610. The minimum atomic E-state index is -0.676. The third-order valence-electron chi connectivity index (χ3n) is 4.86. The average molecular weight is 269 g/mol. The fraction of sp³-hybridized carbons (Fsp3) is 0.933. The van der Waals surface area contributed by atoms with Gasteiger partial charge in [-0.25, -0.2) is 0 Å². The molecule has 0 saturated carbocycles. The van der Waals surface area contributed by atoms with E-state index in [1.807, 2.05) is 13.8 Å². The van der Waals surface area contributed by atoms with E-state index in [1.54, 1.807) is 0 Å². The summed E-state index contributed by atoms with van der Waals surface area (Å²) < 4.78 is 5.87. The molecule has 0 aromatic carbocycles. The molecule has 4 heteroatoms. The second kappa shape index (κ2) is 5.80. The quantitative estimate of drug-likeness (QED) is 0.851. The second-order valence-corrected chi connectivity index (χ2v) is 6.77. The van der Waals surface area contributed by atoms with Crippen molar-refractivity contribution in [2.24, 2.45) is 11.3 Å². The maximum Gasteiger partial charge on any atom is 0.309 e. The Morgan fingerprint density at radius 2 is 2.11 bits per heavy atom. The molecule has 2 rings (SSSR count). The SMILES string of the molecule is CC1CCC(CN2CCCC(C(C)(C)C(=O)O)C2)O1. The first-order chi connectivity index (χ1) is 8.89. The molecule has 3 unspecified atom stereocenters. The second-order valence-electron chi connectivity index (χ2n) is 6.77. The van der Waals surface area contributed by atoms with Crippen LogP contribution < -0.4 is 0 Å². The predicted octanol–water partition coefficient (Wildman–Crippen LogP) is 2.38. The first-order valence-corrected chi connectivity index (χ1v) is 7.51. The first-order valence-electron chi connectivity index (χ1n) is 7.51. The summed E-state index contributed by atoms with van der Waals surface area (Å²) in [6.07, 6.45) is 5.16. The van der Waals surface area contributed by atoms with Gasteiger partial charge in [-0.2, -0.15) is 0 Å². The molecule has 0 spiro atoms. The Bertz CT molecular complexity index is 329. The van der Waals surface area contributed by atoms with E-state index in [-0.39, 0.29) is 5.92 Å². The highest BCUT2D eigenvalue weighted by Crippen LogP contribution is 2.34. The number of hydrogen-bond donors (Lipinski definition) is 1. The molecule has 2 fully saturated rings. The number of ether oxygens (including phenoxy) is 1. The lowest BCUT2D eigenvalue weighted by molar-refractivity contribution is -0.151. The zero-order valence-corrected chi connectivity index (χ0v) is 12.4. The highest BCUT2D eigenvalue weighted by molar-refractivity contribution is 5.74. The van der Waals surface area contributed by atoms with Gasteiger partial charge in [-0.15, -0.1) is 0 Å². The van der Waals surface area contributed by atoms with E-state index < -0.39 is 11.4 Å². The van der Waals surface area contributed by atoms with Crippen LogP contribution in [0.25, 0.3) is 0 Å². The van der Waals surface area contributed by atoms with Gasteiger partial charge in [0.25, 0.3) is 0 Å². The molecule has 2 heterocycles. The molecule has 19 heavy (non-hydrogen) atoms. The molecule has 2 aliphatic rings. The van der Waals surface area contributed by atoms with Gasteiger partial charge in [0, 0.05) is 13.1 Å². The standard InChI is InChI=1S/C15H27NO3/c1-11-6-7-13(19-11)10-16-8-4-5-12(9-16)15(2,3)14(17)18/h11-13H,4-10H2,1-3H3,(H,17,18). The van der Waals surface area contributed by atoms with Crippen molar-refractivity contribution < 1.29 is 14.6 Å². The van der Waals surface area contributed by atoms with Crippen molar-refractivity contribution in [2.45, 2.75) is 58.7 Å². The largest absolute Gasteiger partial charge is 0.481 e. The van der Waals surface area contributed by atoms with Crippen LogP contribution in [0.1, 0.15) is 46.5 Å². The van der Waals surface area contributed by atoms with E-state index in [0.717, 1.165) is 45.3 Å². The fourth-order valence-corrected chi connectivity index (χ4v) is 3.29. The van der Waals surface area contributed by atoms with Crippen molar-refractivity contribution in [1.29, 1.82) is 0 Å².